The number of phenols is 1. The summed E-state index contributed by atoms with van der Waals surface area (Å²) < 4.78 is 23.9. The summed E-state index contributed by atoms with van der Waals surface area (Å²) in [5.74, 6) is -0.890. The molecule has 1 atom stereocenters. The van der Waals surface area contributed by atoms with Gasteiger partial charge in [0.05, 0.1) is 6.61 Å². The van der Waals surface area contributed by atoms with Crippen LogP contribution < -0.4 is 5.32 Å². The Morgan fingerprint density at radius 1 is 1.56 bits per heavy atom. The molecule has 1 aromatic carbocycles. The van der Waals surface area contributed by atoms with E-state index in [2.05, 4.69) is 5.32 Å². The molecule has 5 heteroatoms. The van der Waals surface area contributed by atoms with Gasteiger partial charge in [0.15, 0.2) is 11.6 Å². The maximum atomic E-state index is 13.1. The van der Waals surface area contributed by atoms with Crippen LogP contribution >= 0.6 is 0 Å². The van der Waals surface area contributed by atoms with Crippen molar-refractivity contribution in [3.8, 4) is 5.75 Å². The minimum Gasteiger partial charge on any atom is -0.505 e. The summed E-state index contributed by atoms with van der Waals surface area (Å²) in [6, 6.07) is 4.51. The van der Waals surface area contributed by atoms with Crippen LogP contribution in [0.3, 0.4) is 0 Å². The monoisotopic (exact) mass is 255 g/mol. The van der Waals surface area contributed by atoms with Crippen molar-refractivity contribution in [3.05, 3.63) is 29.6 Å². The topological polar surface area (TPSA) is 50.7 Å². The number of nitrogens with one attached hydrogen (secondary N) is 1. The molecule has 100 valence electrons. The van der Waals surface area contributed by atoms with E-state index >= 15 is 0 Å². The first-order chi connectivity index (χ1) is 8.67. The van der Waals surface area contributed by atoms with Crippen LogP contribution in [0.25, 0.3) is 0 Å². The molecule has 1 aliphatic heterocycles. The Labute approximate surface area is 106 Å². The smallest absolute Gasteiger partial charge is 0.165 e. The highest BCUT2D eigenvalue weighted by Gasteiger charge is 2.34. The van der Waals surface area contributed by atoms with Crippen LogP contribution in [0.15, 0.2) is 18.2 Å². The van der Waals surface area contributed by atoms with Gasteiger partial charge in [-0.05, 0) is 6.07 Å². The number of halogens is 1. The number of phenolic OH excluding ortho intramolecular Hbond substituents is 1. The molecular weight excluding hydrogens is 237 g/mol. The number of ether oxygens (including phenoxy) is 2. The first kappa shape index (κ1) is 13.3. The predicted molar refractivity (Wildman–Crippen MR) is 64.9 cm³/mol. The molecule has 0 bridgehead atoms. The standard InChI is InChI=1S/C13H18FNO3/c1-17-13(5-6-18-9-13)8-15-7-10-3-2-4-11(14)12(10)16/h2-4,15-16H,5-9H2,1H3. The molecule has 0 aromatic heterocycles. The molecule has 0 spiro atoms. The first-order valence-corrected chi connectivity index (χ1v) is 5.97. The summed E-state index contributed by atoms with van der Waals surface area (Å²) in [5, 5.41) is 12.7. The van der Waals surface area contributed by atoms with Gasteiger partial charge < -0.3 is 19.9 Å². The second kappa shape index (κ2) is 5.65. The highest BCUT2D eigenvalue weighted by atomic mass is 19.1. The molecule has 0 radical (unpaired) electrons. The molecule has 4 nitrogen and oxygen atoms in total. The van der Waals surface area contributed by atoms with Gasteiger partial charge in [0.25, 0.3) is 0 Å². The number of hydrogen-bond donors (Lipinski definition) is 2. The number of rotatable bonds is 5. The van der Waals surface area contributed by atoms with Crippen LogP contribution in [-0.4, -0.2) is 37.6 Å². The molecule has 1 aliphatic rings. The molecule has 2 rings (SSSR count). The number of hydrogen-bond acceptors (Lipinski definition) is 4. The van der Waals surface area contributed by atoms with Crippen molar-refractivity contribution in [2.45, 2.75) is 18.6 Å². The van der Waals surface area contributed by atoms with Crippen LogP contribution in [0.4, 0.5) is 4.39 Å². The number of benzene rings is 1. The fourth-order valence-electron chi connectivity index (χ4n) is 2.09. The lowest BCUT2D eigenvalue weighted by molar-refractivity contribution is -0.0159. The third kappa shape index (κ3) is 2.80. The fraction of sp³-hybridized carbons (Fsp3) is 0.538. The highest BCUT2D eigenvalue weighted by molar-refractivity contribution is 5.33. The zero-order valence-corrected chi connectivity index (χ0v) is 10.4. The second-order valence-corrected chi connectivity index (χ2v) is 4.54. The highest BCUT2D eigenvalue weighted by Crippen LogP contribution is 2.23. The molecule has 1 fully saturated rings. The average Bonchev–Trinajstić information content (AvgIpc) is 2.84. The number of aromatic hydroxyl groups is 1. The lowest BCUT2D eigenvalue weighted by Gasteiger charge is -2.26. The molecule has 1 heterocycles. The van der Waals surface area contributed by atoms with Gasteiger partial charge in [-0.2, -0.15) is 0 Å². The minimum atomic E-state index is -0.597. The SMILES string of the molecule is COC1(CNCc2cccc(F)c2O)CCOC1. The Morgan fingerprint density at radius 2 is 2.39 bits per heavy atom. The van der Waals surface area contributed by atoms with E-state index < -0.39 is 5.82 Å². The van der Waals surface area contributed by atoms with Crippen molar-refractivity contribution >= 4 is 0 Å². The second-order valence-electron chi connectivity index (χ2n) is 4.54. The van der Waals surface area contributed by atoms with E-state index in [0.717, 1.165) is 6.42 Å². The molecule has 1 unspecified atom stereocenters. The summed E-state index contributed by atoms with van der Waals surface area (Å²) in [7, 11) is 1.66. The summed E-state index contributed by atoms with van der Waals surface area (Å²) in [5.41, 5.74) is 0.239. The van der Waals surface area contributed by atoms with Crippen molar-refractivity contribution in [1.82, 2.24) is 5.32 Å². The van der Waals surface area contributed by atoms with Crippen LogP contribution in [0.5, 0.6) is 5.75 Å². The van der Waals surface area contributed by atoms with Crippen molar-refractivity contribution in [1.29, 1.82) is 0 Å². The summed E-state index contributed by atoms with van der Waals surface area (Å²) in [6.45, 7) is 2.26. The van der Waals surface area contributed by atoms with Gasteiger partial charge in [0, 0.05) is 38.8 Å². The normalized spacial score (nSPS) is 23.4. The molecule has 0 saturated carbocycles. The van der Waals surface area contributed by atoms with Gasteiger partial charge >= 0.3 is 0 Å². The van der Waals surface area contributed by atoms with Crippen LogP contribution in [-0.2, 0) is 16.0 Å². The molecule has 1 saturated heterocycles. The quantitative estimate of drug-likeness (QED) is 0.835. The van der Waals surface area contributed by atoms with Gasteiger partial charge in [0.2, 0.25) is 0 Å². The predicted octanol–water partition coefficient (Wildman–Crippen LogP) is 1.43. The Balaban J connectivity index is 1.90. The average molecular weight is 255 g/mol. The first-order valence-electron chi connectivity index (χ1n) is 5.97. The van der Waals surface area contributed by atoms with E-state index in [0.29, 0.717) is 31.9 Å². The lowest BCUT2D eigenvalue weighted by atomic mass is 10.0. The van der Waals surface area contributed by atoms with E-state index in [4.69, 9.17) is 9.47 Å². The van der Waals surface area contributed by atoms with Gasteiger partial charge in [-0.1, -0.05) is 12.1 Å². The van der Waals surface area contributed by atoms with E-state index in [9.17, 15) is 9.50 Å². The third-order valence-corrected chi connectivity index (χ3v) is 3.33. The maximum Gasteiger partial charge on any atom is 0.165 e. The fourth-order valence-corrected chi connectivity index (χ4v) is 2.09. The van der Waals surface area contributed by atoms with Crippen molar-refractivity contribution < 1.29 is 19.0 Å². The number of methoxy groups -OCH3 is 1. The summed E-state index contributed by atoms with van der Waals surface area (Å²) in [6.07, 6.45) is 0.839. The van der Waals surface area contributed by atoms with Crippen LogP contribution in [0.2, 0.25) is 0 Å². The third-order valence-electron chi connectivity index (χ3n) is 3.33. The molecule has 2 N–H and O–H groups in total. The lowest BCUT2D eigenvalue weighted by Crippen LogP contribution is -2.42. The minimum absolute atomic E-state index is 0.292. The summed E-state index contributed by atoms with van der Waals surface area (Å²) in [4.78, 5) is 0. The zero-order valence-electron chi connectivity index (χ0n) is 10.4. The van der Waals surface area contributed by atoms with Crippen molar-refractivity contribution in [3.63, 3.8) is 0 Å². The van der Waals surface area contributed by atoms with Crippen molar-refractivity contribution in [2.24, 2.45) is 0 Å². The van der Waals surface area contributed by atoms with Gasteiger partial charge in [-0.15, -0.1) is 0 Å². The number of para-hydroxylation sites is 1. The Hall–Kier alpha value is -1.17. The zero-order chi connectivity index (χ0) is 13.0. The van der Waals surface area contributed by atoms with E-state index in [1.165, 1.54) is 6.07 Å². The van der Waals surface area contributed by atoms with E-state index in [-0.39, 0.29) is 11.4 Å². The Bertz CT molecular complexity index is 405. The summed E-state index contributed by atoms with van der Waals surface area (Å²) >= 11 is 0. The van der Waals surface area contributed by atoms with E-state index in [1.54, 1.807) is 19.2 Å². The molecule has 18 heavy (non-hydrogen) atoms. The molecule has 0 amide bonds. The van der Waals surface area contributed by atoms with Crippen molar-refractivity contribution in [2.75, 3.05) is 26.9 Å². The largest absolute Gasteiger partial charge is 0.505 e. The maximum absolute atomic E-state index is 13.1. The molecule has 0 aliphatic carbocycles. The van der Waals surface area contributed by atoms with Gasteiger partial charge in [-0.3, -0.25) is 0 Å². The van der Waals surface area contributed by atoms with Crippen LogP contribution in [0, 0.1) is 5.82 Å². The van der Waals surface area contributed by atoms with Gasteiger partial charge in [0.1, 0.15) is 5.60 Å². The Morgan fingerprint density at radius 3 is 3.06 bits per heavy atom. The molecular formula is C13H18FNO3. The van der Waals surface area contributed by atoms with Gasteiger partial charge in [-0.25, -0.2) is 4.39 Å². The molecule has 1 aromatic rings. The Kier molecular flexibility index (Phi) is 4.16. The van der Waals surface area contributed by atoms with Crippen LogP contribution in [0.1, 0.15) is 12.0 Å². The van der Waals surface area contributed by atoms with E-state index in [1.807, 2.05) is 0 Å².